The molecule has 2 heterocycles. The fourth-order valence-electron chi connectivity index (χ4n) is 2.39. The van der Waals surface area contributed by atoms with Gasteiger partial charge in [-0.1, -0.05) is 0 Å². The Morgan fingerprint density at radius 1 is 1.39 bits per heavy atom. The largest absolute Gasteiger partial charge is 0.444 e. The van der Waals surface area contributed by atoms with E-state index in [4.69, 9.17) is 14.2 Å². The van der Waals surface area contributed by atoms with Gasteiger partial charge < -0.3 is 19.1 Å². The van der Waals surface area contributed by atoms with Crippen molar-refractivity contribution >= 4 is 6.09 Å². The van der Waals surface area contributed by atoms with E-state index in [1.165, 1.54) is 0 Å². The predicted molar refractivity (Wildman–Crippen MR) is 66.2 cm³/mol. The van der Waals surface area contributed by atoms with Gasteiger partial charge in [0.2, 0.25) is 0 Å². The van der Waals surface area contributed by atoms with E-state index < -0.39 is 11.4 Å². The van der Waals surface area contributed by atoms with Gasteiger partial charge in [0.15, 0.2) is 5.79 Å². The number of likely N-dealkylation sites (tertiary alicyclic amines) is 1. The van der Waals surface area contributed by atoms with Crippen LogP contribution in [0.2, 0.25) is 0 Å². The lowest BCUT2D eigenvalue weighted by molar-refractivity contribution is -0.281. The third kappa shape index (κ3) is 2.95. The van der Waals surface area contributed by atoms with E-state index in [0.29, 0.717) is 13.2 Å². The third-order valence-electron chi connectivity index (χ3n) is 3.15. The molecule has 0 aromatic heterocycles. The molecule has 5 heteroatoms. The first-order valence-corrected chi connectivity index (χ1v) is 6.49. The highest BCUT2D eigenvalue weighted by Gasteiger charge is 2.46. The summed E-state index contributed by atoms with van der Waals surface area (Å²) in [6.45, 7) is 10.6. The maximum absolute atomic E-state index is 12.1. The van der Waals surface area contributed by atoms with Gasteiger partial charge >= 0.3 is 6.09 Å². The van der Waals surface area contributed by atoms with Crippen molar-refractivity contribution in [2.45, 2.75) is 64.6 Å². The number of amides is 1. The minimum Gasteiger partial charge on any atom is -0.444 e. The number of fused-ring (bicyclic) bond motifs is 1. The standard InChI is InChI=1S/C13H23NO4/c1-12(2,3)18-11(15)14-7-6-10-9(14)8-16-13(4,5)17-10/h9-10H,6-8H2,1-5H3. The van der Waals surface area contributed by atoms with Crippen LogP contribution < -0.4 is 0 Å². The zero-order valence-electron chi connectivity index (χ0n) is 11.9. The molecule has 0 bridgehead atoms. The first kappa shape index (κ1) is 13.6. The highest BCUT2D eigenvalue weighted by molar-refractivity contribution is 5.69. The molecule has 2 rings (SSSR count). The van der Waals surface area contributed by atoms with Gasteiger partial charge in [-0.15, -0.1) is 0 Å². The van der Waals surface area contributed by atoms with Crippen LogP contribution in [0, 0.1) is 0 Å². The van der Waals surface area contributed by atoms with E-state index in [1.54, 1.807) is 4.90 Å². The second-order valence-electron chi connectivity index (χ2n) is 6.40. The summed E-state index contributed by atoms with van der Waals surface area (Å²) in [6, 6.07) is -0.0205. The molecule has 104 valence electrons. The number of carbonyl (C=O) groups excluding carboxylic acids is 1. The lowest BCUT2D eigenvalue weighted by Crippen LogP contribution is -2.52. The van der Waals surface area contributed by atoms with Crippen LogP contribution in [0.15, 0.2) is 0 Å². The number of hydrogen-bond donors (Lipinski definition) is 0. The van der Waals surface area contributed by atoms with Crippen molar-refractivity contribution in [1.29, 1.82) is 0 Å². The molecule has 5 nitrogen and oxygen atoms in total. The maximum atomic E-state index is 12.1. The van der Waals surface area contributed by atoms with Gasteiger partial charge in [-0.2, -0.15) is 0 Å². The van der Waals surface area contributed by atoms with E-state index >= 15 is 0 Å². The molecule has 2 aliphatic heterocycles. The molecule has 2 unspecified atom stereocenters. The molecule has 2 aliphatic rings. The summed E-state index contributed by atoms with van der Waals surface area (Å²) in [7, 11) is 0. The summed E-state index contributed by atoms with van der Waals surface area (Å²) in [5.41, 5.74) is -0.467. The van der Waals surface area contributed by atoms with Crippen molar-refractivity contribution in [3.05, 3.63) is 0 Å². The summed E-state index contributed by atoms with van der Waals surface area (Å²) in [5, 5.41) is 0. The van der Waals surface area contributed by atoms with Gasteiger partial charge in [-0.05, 0) is 41.0 Å². The Kier molecular flexibility index (Phi) is 3.32. The number of carbonyl (C=O) groups is 1. The molecular formula is C13H23NO4. The smallest absolute Gasteiger partial charge is 0.410 e. The van der Waals surface area contributed by atoms with Gasteiger partial charge in [-0.3, -0.25) is 0 Å². The van der Waals surface area contributed by atoms with Crippen molar-refractivity contribution in [1.82, 2.24) is 4.90 Å². The van der Waals surface area contributed by atoms with Gasteiger partial charge in [0.05, 0.1) is 18.8 Å². The second kappa shape index (κ2) is 4.38. The molecule has 0 N–H and O–H groups in total. The Morgan fingerprint density at radius 2 is 2.06 bits per heavy atom. The normalized spacial score (nSPS) is 31.1. The summed E-state index contributed by atoms with van der Waals surface area (Å²) >= 11 is 0. The first-order chi connectivity index (χ1) is 8.18. The van der Waals surface area contributed by atoms with Crippen LogP contribution in [-0.4, -0.2) is 47.7 Å². The van der Waals surface area contributed by atoms with Crippen molar-refractivity contribution < 1.29 is 19.0 Å². The van der Waals surface area contributed by atoms with Crippen molar-refractivity contribution in [2.24, 2.45) is 0 Å². The number of ether oxygens (including phenoxy) is 3. The van der Waals surface area contributed by atoms with Crippen molar-refractivity contribution in [2.75, 3.05) is 13.2 Å². The Labute approximate surface area is 108 Å². The summed E-state index contributed by atoms with van der Waals surface area (Å²) in [6.07, 6.45) is 0.625. The zero-order valence-corrected chi connectivity index (χ0v) is 11.9. The molecule has 0 saturated carbocycles. The lowest BCUT2D eigenvalue weighted by atomic mass is 10.1. The molecule has 0 radical (unpaired) electrons. The molecule has 0 aromatic rings. The van der Waals surface area contributed by atoms with E-state index in [9.17, 15) is 4.79 Å². The number of nitrogens with zero attached hydrogens (tertiary/aromatic N) is 1. The predicted octanol–water partition coefficient (Wildman–Crippen LogP) is 2.15. The molecule has 0 spiro atoms. The van der Waals surface area contributed by atoms with E-state index in [1.807, 2.05) is 34.6 Å². The summed E-state index contributed by atoms with van der Waals surface area (Å²) in [4.78, 5) is 13.8. The van der Waals surface area contributed by atoms with Crippen LogP contribution in [0.25, 0.3) is 0 Å². The van der Waals surface area contributed by atoms with Gasteiger partial charge in [-0.25, -0.2) is 4.79 Å². The molecule has 1 amide bonds. The Bertz CT molecular complexity index is 334. The van der Waals surface area contributed by atoms with Crippen LogP contribution in [0.3, 0.4) is 0 Å². The van der Waals surface area contributed by atoms with Crippen LogP contribution in [0.1, 0.15) is 41.0 Å². The monoisotopic (exact) mass is 257 g/mol. The van der Waals surface area contributed by atoms with E-state index in [2.05, 4.69) is 0 Å². The highest BCUT2D eigenvalue weighted by atomic mass is 16.7. The first-order valence-electron chi connectivity index (χ1n) is 6.49. The minimum atomic E-state index is -0.550. The van der Waals surface area contributed by atoms with Crippen LogP contribution in [0.4, 0.5) is 4.79 Å². The second-order valence-corrected chi connectivity index (χ2v) is 6.40. The molecule has 2 fully saturated rings. The third-order valence-corrected chi connectivity index (χ3v) is 3.15. The quantitative estimate of drug-likeness (QED) is 0.667. The average Bonchev–Trinajstić information content (AvgIpc) is 2.55. The maximum Gasteiger partial charge on any atom is 0.410 e. The fraction of sp³-hybridized carbons (Fsp3) is 0.923. The molecular weight excluding hydrogens is 234 g/mol. The SMILES string of the molecule is CC(C)(C)OC(=O)N1CCC2OC(C)(C)OCC21. The van der Waals surface area contributed by atoms with Crippen molar-refractivity contribution in [3.8, 4) is 0 Å². The number of rotatable bonds is 0. The zero-order chi connectivity index (χ0) is 13.6. The fourth-order valence-corrected chi connectivity index (χ4v) is 2.39. The van der Waals surface area contributed by atoms with Gasteiger partial charge in [0, 0.05) is 6.54 Å². The van der Waals surface area contributed by atoms with E-state index in [-0.39, 0.29) is 18.2 Å². The molecule has 0 aromatic carbocycles. The van der Waals surface area contributed by atoms with Gasteiger partial charge in [0.25, 0.3) is 0 Å². The Morgan fingerprint density at radius 3 is 2.67 bits per heavy atom. The van der Waals surface area contributed by atoms with Gasteiger partial charge in [0.1, 0.15) is 5.60 Å². The molecule has 18 heavy (non-hydrogen) atoms. The topological polar surface area (TPSA) is 48.0 Å². The average molecular weight is 257 g/mol. The minimum absolute atomic E-state index is 0.0205. The van der Waals surface area contributed by atoms with Crippen molar-refractivity contribution in [3.63, 3.8) is 0 Å². The molecule has 2 saturated heterocycles. The summed E-state index contributed by atoms with van der Waals surface area (Å²) in [5.74, 6) is -0.550. The Balaban J connectivity index is 1.99. The van der Waals surface area contributed by atoms with Crippen LogP contribution in [0.5, 0.6) is 0 Å². The van der Waals surface area contributed by atoms with E-state index in [0.717, 1.165) is 6.42 Å². The Hall–Kier alpha value is -0.810. The number of hydrogen-bond acceptors (Lipinski definition) is 4. The molecule has 2 atom stereocenters. The lowest BCUT2D eigenvalue weighted by Gasteiger charge is -2.40. The summed E-state index contributed by atoms with van der Waals surface area (Å²) < 4.78 is 16.9. The van der Waals surface area contributed by atoms with Crippen LogP contribution in [-0.2, 0) is 14.2 Å². The highest BCUT2D eigenvalue weighted by Crippen LogP contribution is 2.32. The molecule has 0 aliphatic carbocycles. The van der Waals surface area contributed by atoms with Crippen LogP contribution >= 0.6 is 0 Å².